The first-order valence-electron chi connectivity index (χ1n) is 7.41. The Balaban J connectivity index is 1.92. The Kier molecular flexibility index (Phi) is 6.84. The van der Waals surface area contributed by atoms with Crippen molar-refractivity contribution in [2.75, 3.05) is 18.9 Å². The molecule has 4 nitrogen and oxygen atoms in total. The molecule has 2 N–H and O–H groups in total. The van der Waals surface area contributed by atoms with Gasteiger partial charge in [-0.3, -0.25) is 9.59 Å². The van der Waals surface area contributed by atoms with Crippen molar-refractivity contribution in [2.24, 2.45) is 0 Å². The fourth-order valence-electron chi connectivity index (χ4n) is 1.97. The van der Waals surface area contributed by atoms with Crippen LogP contribution in [0, 0.1) is 0 Å². The summed E-state index contributed by atoms with van der Waals surface area (Å²) >= 11 is 1.41. The van der Waals surface area contributed by atoms with Crippen LogP contribution in [-0.2, 0) is 0 Å². The number of aliphatic hydroxyl groups excluding tert-OH is 1. The summed E-state index contributed by atoms with van der Waals surface area (Å²) in [6.45, 7) is 0.497. The second-order valence-electron chi connectivity index (χ2n) is 4.94. The van der Waals surface area contributed by atoms with E-state index < -0.39 is 0 Å². The quantitative estimate of drug-likeness (QED) is 0.444. The number of aliphatic hydroxyl groups is 1. The summed E-state index contributed by atoms with van der Waals surface area (Å²) in [5.74, 6) is 0.225. The molecule has 0 atom stereocenters. The number of hydrogen-bond acceptors (Lipinski definition) is 4. The first-order valence-corrected chi connectivity index (χ1v) is 8.39. The van der Waals surface area contributed by atoms with Crippen LogP contribution in [0.1, 0.15) is 27.1 Å². The molecule has 5 heteroatoms. The Morgan fingerprint density at radius 2 is 1.74 bits per heavy atom. The number of hydrogen-bond donors (Lipinski definition) is 2. The summed E-state index contributed by atoms with van der Waals surface area (Å²) in [6, 6.07) is 16.4. The minimum Gasteiger partial charge on any atom is -0.396 e. The van der Waals surface area contributed by atoms with Gasteiger partial charge in [-0.2, -0.15) is 0 Å². The van der Waals surface area contributed by atoms with Gasteiger partial charge < -0.3 is 10.4 Å². The molecule has 0 aliphatic rings. The van der Waals surface area contributed by atoms with E-state index in [1.165, 1.54) is 11.8 Å². The highest BCUT2D eigenvalue weighted by atomic mass is 32.2. The van der Waals surface area contributed by atoms with Crippen LogP contribution in [0.15, 0.2) is 59.5 Å². The van der Waals surface area contributed by atoms with Crippen molar-refractivity contribution in [1.82, 2.24) is 5.32 Å². The van der Waals surface area contributed by atoms with Gasteiger partial charge in [-0.1, -0.05) is 36.4 Å². The normalized spacial score (nSPS) is 10.3. The lowest BCUT2D eigenvalue weighted by Crippen LogP contribution is -2.24. The van der Waals surface area contributed by atoms with Gasteiger partial charge in [-0.15, -0.1) is 11.8 Å². The standard InChI is InChI=1S/C18H19NO3S/c20-11-5-10-19-18(22)15-8-4-9-16(12-15)23-13-17(21)14-6-2-1-3-7-14/h1-4,6-9,12,20H,5,10-11,13H2,(H,19,22). The van der Waals surface area contributed by atoms with Crippen molar-refractivity contribution >= 4 is 23.5 Å². The van der Waals surface area contributed by atoms with E-state index in [1.54, 1.807) is 30.3 Å². The van der Waals surface area contributed by atoms with E-state index in [0.717, 1.165) is 4.90 Å². The lowest BCUT2D eigenvalue weighted by atomic mass is 10.2. The molecular formula is C18H19NO3S. The zero-order chi connectivity index (χ0) is 16.5. The molecule has 0 fully saturated rings. The average Bonchev–Trinajstić information content (AvgIpc) is 2.61. The van der Waals surface area contributed by atoms with Crippen LogP contribution < -0.4 is 5.32 Å². The van der Waals surface area contributed by atoms with Gasteiger partial charge in [0.2, 0.25) is 0 Å². The Bertz CT molecular complexity index is 658. The summed E-state index contributed by atoms with van der Waals surface area (Å²) < 4.78 is 0. The van der Waals surface area contributed by atoms with E-state index in [0.29, 0.717) is 29.8 Å². The number of carbonyl (C=O) groups is 2. The molecule has 2 aromatic carbocycles. The lowest BCUT2D eigenvalue weighted by Gasteiger charge is -2.06. The Hall–Kier alpha value is -2.11. The van der Waals surface area contributed by atoms with Crippen LogP contribution in [0.3, 0.4) is 0 Å². The molecule has 2 rings (SSSR count). The molecule has 0 spiro atoms. The fraction of sp³-hybridized carbons (Fsp3) is 0.222. The van der Waals surface area contributed by atoms with Gasteiger partial charge in [0.15, 0.2) is 5.78 Å². The predicted octanol–water partition coefficient (Wildman–Crippen LogP) is 2.77. The van der Waals surface area contributed by atoms with E-state index in [9.17, 15) is 9.59 Å². The van der Waals surface area contributed by atoms with Crippen molar-refractivity contribution in [3.63, 3.8) is 0 Å². The number of nitrogens with one attached hydrogen (secondary N) is 1. The second kappa shape index (κ2) is 9.12. The number of rotatable bonds is 8. The third kappa shape index (κ3) is 5.54. The molecule has 0 aliphatic carbocycles. The maximum Gasteiger partial charge on any atom is 0.251 e. The zero-order valence-electron chi connectivity index (χ0n) is 12.7. The minimum atomic E-state index is -0.171. The SMILES string of the molecule is O=C(CSc1cccc(C(=O)NCCCO)c1)c1ccccc1. The molecule has 120 valence electrons. The van der Waals surface area contributed by atoms with Gasteiger partial charge in [0.25, 0.3) is 5.91 Å². The summed E-state index contributed by atoms with van der Waals surface area (Å²) in [7, 11) is 0. The zero-order valence-corrected chi connectivity index (χ0v) is 13.5. The Morgan fingerprint density at radius 3 is 2.48 bits per heavy atom. The van der Waals surface area contributed by atoms with E-state index >= 15 is 0 Å². The van der Waals surface area contributed by atoms with E-state index in [-0.39, 0.29) is 18.3 Å². The molecule has 1 amide bonds. The molecular weight excluding hydrogens is 310 g/mol. The van der Waals surface area contributed by atoms with Crippen molar-refractivity contribution in [1.29, 1.82) is 0 Å². The van der Waals surface area contributed by atoms with E-state index in [4.69, 9.17) is 5.11 Å². The van der Waals surface area contributed by atoms with Gasteiger partial charge in [0, 0.05) is 29.2 Å². The molecule has 0 bridgehead atoms. The third-order valence-corrected chi connectivity index (χ3v) is 4.18. The summed E-state index contributed by atoms with van der Waals surface area (Å²) in [6.07, 6.45) is 0.533. The fourth-order valence-corrected chi connectivity index (χ4v) is 2.82. The first-order chi connectivity index (χ1) is 11.2. The van der Waals surface area contributed by atoms with Crippen molar-refractivity contribution < 1.29 is 14.7 Å². The first kappa shape index (κ1) is 17.2. The summed E-state index contributed by atoms with van der Waals surface area (Å²) in [5.41, 5.74) is 1.25. The number of carbonyl (C=O) groups excluding carboxylic acids is 2. The molecule has 0 unspecified atom stereocenters. The van der Waals surface area contributed by atoms with Crippen LogP contribution >= 0.6 is 11.8 Å². The smallest absolute Gasteiger partial charge is 0.251 e. The average molecular weight is 329 g/mol. The Labute approximate surface area is 139 Å². The molecule has 0 heterocycles. The van der Waals surface area contributed by atoms with Crippen LogP contribution in [0.25, 0.3) is 0 Å². The van der Waals surface area contributed by atoms with Crippen molar-refractivity contribution in [3.8, 4) is 0 Å². The van der Waals surface area contributed by atoms with Gasteiger partial charge in [-0.05, 0) is 24.6 Å². The van der Waals surface area contributed by atoms with Gasteiger partial charge >= 0.3 is 0 Å². The minimum absolute atomic E-state index is 0.0533. The van der Waals surface area contributed by atoms with Crippen LogP contribution in [0.2, 0.25) is 0 Å². The lowest BCUT2D eigenvalue weighted by molar-refractivity contribution is 0.0950. The second-order valence-corrected chi connectivity index (χ2v) is 5.99. The summed E-state index contributed by atoms with van der Waals surface area (Å²) in [4.78, 5) is 24.9. The monoisotopic (exact) mass is 329 g/mol. The van der Waals surface area contributed by atoms with E-state index in [1.807, 2.05) is 24.3 Å². The molecule has 0 saturated carbocycles. The number of ketones is 1. The van der Waals surface area contributed by atoms with Crippen molar-refractivity contribution in [2.45, 2.75) is 11.3 Å². The molecule has 0 aliphatic heterocycles. The van der Waals surface area contributed by atoms with Gasteiger partial charge in [-0.25, -0.2) is 0 Å². The highest BCUT2D eigenvalue weighted by Crippen LogP contribution is 2.20. The van der Waals surface area contributed by atoms with Crippen LogP contribution in [-0.4, -0.2) is 35.7 Å². The number of thioether (sulfide) groups is 1. The van der Waals surface area contributed by atoms with Gasteiger partial charge in [0.1, 0.15) is 0 Å². The number of Topliss-reactive ketones (excluding diaryl/α,β-unsaturated/α-hetero) is 1. The third-order valence-electron chi connectivity index (χ3n) is 3.18. The highest BCUT2D eigenvalue weighted by molar-refractivity contribution is 8.00. The number of benzene rings is 2. The van der Waals surface area contributed by atoms with Gasteiger partial charge in [0.05, 0.1) is 5.75 Å². The molecule has 2 aromatic rings. The largest absolute Gasteiger partial charge is 0.396 e. The molecule has 0 aromatic heterocycles. The highest BCUT2D eigenvalue weighted by Gasteiger charge is 2.08. The van der Waals surface area contributed by atoms with Crippen molar-refractivity contribution in [3.05, 3.63) is 65.7 Å². The maximum atomic E-state index is 12.1. The Morgan fingerprint density at radius 1 is 1.00 bits per heavy atom. The predicted molar refractivity (Wildman–Crippen MR) is 92.0 cm³/mol. The van der Waals surface area contributed by atoms with Crippen LogP contribution in [0.5, 0.6) is 0 Å². The van der Waals surface area contributed by atoms with E-state index in [2.05, 4.69) is 5.32 Å². The maximum absolute atomic E-state index is 12.1. The topological polar surface area (TPSA) is 66.4 Å². The number of amides is 1. The molecule has 0 saturated heterocycles. The van der Waals surface area contributed by atoms with Crippen LogP contribution in [0.4, 0.5) is 0 Å². The molecule has 23 heavy (non-hydrogen) atoms. The summed E-state index contributed by atoms with van der Waals surface area (Å²) in [5, 5.41) is 11.5. The molecule has 0 radical (unpaired) electrons.